The molecule has 0 saturated heterocycles. The average Bonchev–Trinajstić information content (AvgIpc) is 2.95. The number of nitrogens with one attached hydrogen (secondary N) is 2. The second-order valence-electron chi connectivity index (χ2n) is 9.12. The quantitative estimate of drug-likeness (QED) is 0.246. The summed E-state index contributed by atoms with van der Waals surface area (Å²) in [6.07, 6.45) is -1.71. The summed E-state index contributed by atoms with van der Waals surface area (Å²) in [6, 6.07) is 17.7. The number of hydrogen-bond acceptors (Lipinski definition) is 5. The summed E-state index contributed by atoms with van der Waals surface area (Å²) in [5, 5.41) is 4.60. The van der Waals surface area contributed by atoms with E-state index < -0.39 is 50.8 Å². The van der Waals surface area contributed by atoms with Gasteiger partial charge in [-0.1, -0.05) is 47.5 Å². The number of halogens is 4. The predicted octanol–water partition coefficient (Wildman–Crippen LogP) is 5.83. The van der Waals surface area contributed by atoms with Crippen molar-refractivity contribution in [3.63, 3.8) is 0 Å². The van der Waals surface area contributed by atoms with Crippen molar-refractivity contribution in [3.8, 4) is 0 Å². The number of para-hydroxylation sites is 1. The lowest BCUT2D eigenvalue weighted by molar-refractivity contribution is -0.137. The largest absolute Gasteiger partial charge is 0.417 e. The highest BCUT2D eigenvalue weighted by Crippen LogP contribution is 2.38. The number of nitrogens with zero attached hydrogens (tertiary/aromatic N) is 2. The summed E-state index contributed by atoms with van der Waals surface area (Å²) in [7, 11) is -4.52. The minimum absolute atomic E-state index is 0.0750. The van der Waals surface area contributed by atoms with Crippen molar-refractivity contribution in [2.45, 2.75) is 24.5 Å². The van der Waals surface area contributed by atoms with Gasteiger partial charge in [-0.25, -0.2) is 8.42 Å². The third-order valence-electron chi connectivity index (χ3n) is 6.06. The topological polar surface area (TPSA) is 108 Å². The first kappa shape index (κ1) is 30.5. The van der Waals surface area contributed by atoms with Gasteiger partial charge in [-0.2, -0.15) is 13.2 Å². The highest BCUT2D eigenvalue weighted by atomic mass is 35.5. The van der Waals surface area contributed by atoms with Crippen LogP contribution in [0.2, 0.25) is 5.02 Å². The summed E-state index contributed by atoms with van der Waals surface area (Å²) >= 11 is 5.75. The average molecular weight is 617 g/mol. The fraction of sp³-hybridized carbons (Fsp3) is 0.138. The number of anilines is 2. The Bertz CT molecular complexity index is 1700. The van der Waals surface area contributed by atoms with Gasteiger partial charge in [0.1, 0.15) is 6.54 Å². The van der Waals surface area contributed by atoms with Crippen molar-refractivity contribution in [1.29, 1.82) is 0 Å². The smallest absolute Gasteiger partial charge is 0.348 e. The first-order valence-electron chi connectivity index (χ1n) is 12.4. The van der Waals surface area contributed by atoms with Gasteiger partial charge in [0.25, 0.3) is 15.9 Å². The van der Waals surface area contributed by atoms with Crippen LogP contribution in [0.1, 0.15) is 27.0 Å². The van der Waals surface area contributed by atoms with E-state index in [1.807, 2.05) is 0 Å². The molecule has 42 heavy (non-hydrogen) atoms. The Balaban J connectivity index is 1.64. The molecule has 2 N–H and O–H groups in total. The van der Waals surface area contributed by atoms with Crippen LogP contribution >= 0.6 is 11.6 Å². The van der Waals surface area contributed by atoms with Crippen molar-refractivity contribution in [3.05, 3.63) is 119 Å². The minimum atomic E-state index is -4.88. The van der Waals surface area contributed by atoms with Crippen LogP contribution in [0, 0.1) is 6.92 Å². The number of rotatable bonds is 9. The van der Waals surface area contributed by atoms with Crippen LogP contribution in [-0.2, 0) is 27.5 Å². The van der Waals surface area contributed by atoms with Gasteiger partial charge in [0.2, 0.25) is 5.91 Å². The number of amides is 2. The molecule has 0 fully saturated rings. The monoisotopic (exact) mass is 616 g/mol. The van der Waals surface area contributed by atoms with Crippen LogP contribution in [0.5, 0.6) is 0 Å². The third kappa shape index (κ3) is 7.25. The standard InChI is InChI=1S/C29H24ClF3N4O4S/c1-19-8-11-22(12-9-19)42(40,41)37(21-10-13-25(30)24(15-21)29(31,32)33)18-27(38)36-26-7-3-2-6-23(26)28(39)35-17-20-5-4-14-34-16-20/h2-16H,17-18H2,1H3,(H,35,39)(H,36,38). The Labute approximate surface area is 245 Å². The molecule has 0 aliphatic carbocycles. The van der Waals surface area contributed by atoms with Crippen molar-refractivity contribution >= 4 is 44.8 Å². The van der Waals surface area contributed by atoms with Gasteiger partial charge < -0.3 is 10.6 Å². The van der Waals surface area contributed by atoms with E-state index in [1.165, 1.54) is 36.4 Å². The zero-order valence-electron chi connectivity index (χ0n) is 22.0. The van der Waals surface area contributed by atoms with Gasteiger partial charge in [0.05, 0.1) is 32.4 Å². The molecule has 1 heterocycles. The van der Waals surface area contributed by atoms with E-state index >= 15 is 0 Å². The molecule has 1 aromatic heterocycles. The number of sulfonamides is 1. The van der Waals surface area contributed by atoms with E-state index in [1.54, 1.807) is 43.6 Å². The number of benzene rings is 3. The van der Waals surface area contributed by atoms with E-state index in [-0.39, 0.29) is 22.7 Å². The number of hydrogen-bond donors (Lipinski definition) is 2. The molecular weight excluding hydrogens is 593 g/mol. The predicted molar refractivity (Wildman–Crippen MR) is 153 cm³/mol. The molecule has 0 aliphatic rings. The molecule has 3 aromatic carbocycles. The van der Waals surface area contributed by atoms with Crippen molar-refractivity contribution in [1.82, 2.24) is 10.3 Å². The summed E-state index contributed by atoms with van der Waals surface area (Å²) in [5.74, 6) is -1.42. The minimum Gasteiger partial charge on any atom is -0.348 e. The summed E-state index contributed by atoms with van der Waals surface area (Å²) in [4.78, 5) is 29.9. The molecule has 0 spiro atoms. The first-order valence-corrected chi connectivity index (χ1v) is 14.2. The van der Waals surface area contributed by atoms with E-state index in [0.717, 1.165) is 23.3 Å². The van der Waals surface area contributed by atoms with Crippen LogP contribution < -0.4 is 14.9 Å². The fourth-order valence-electron chi connectivity index (χ4n) is 3.93. The molecule has 2 amide bonds. The van der Waals surface area contributed by atoms with Gasteiger partial charge in [-0.15, -0.1) is 0 Å². The number of carbonyl (C=O) groups is 2. The first-order chi connectivity index (χ1) is 19.9. The van der Waals surface area contributed by atoms with Gasteiger partial charge in [0.15, 0.2) is 0 Å². The van der Waals surface area contributed by atoms with Gasteiger partial charge >= 0.3 is 6.18 Å². The molecule has 8 nitrogen and oxygen atoms in total. The molecule has 0 radical (unpaired) electrons. The SMILES string of the molecule is Cc1ccc(S(=O)(=O)N(CC(=O)Nc2ccccc2C(=O)NCc2cccnc2)c2ccc(Cl)c(C(F)(F)F)c2)cc1. The Morgan fingerprint density at radius 3 is 2.36 bits per heavy atom. The summed E-state index contributed by atoms with van der Waals surface area (Å²) < 4.78 is 68.7. The Morgan fingerprint density at radius 1 is 0.976 bits per heavy atom. The highest BCUT2D eigenvalue weighted by Gasteiger charge is 2.35. The van der Waals surface area contributed by atoms with E-state index in [2.05, 4.69) is 15.6 Å². The number of pyridine rings is 1. The second kappa shape index (κ2) is 12.6. The van der Waals surface area contributed by atoms with Crippen LogP contribution in [-0.4, -0.2) is 31.8 Å². The van der Waals surface area contributed by atoms with E-state index in [0.29, 0.717) is 10.4 Å². The normalized spacial score (nSPS) is 11.5. The maximum atomic E-state index is 13.6. The maximum absolute atomic E-state index is 13.6. The molecule has 0 unspecified atom stereocenters. The fourth-order valence-corrected chi connectivity index (χ4v) is 5.57. The Hall–Kier alpha value is -4.42. The van der Waals surface area contributed by atoms with Crippen molar-refractivity contribution in [2.75, 3.05) is 16.2 Å². The van der Waals surface area contributed by atoms with Crippen molar-refractivity contribution in [2.24, 2.45) is 0 Å². The van der Waals surface area contributed by atoms with E-state index in [4.69, 9.17) is 11.6 Å². The van der Waals surface area contributed by atoms with Crippen LogP contribution in [0.3, 0.4) is 0 Å². The number of aryl methyl sites for hydroxylation is 1. The van der Waals surface area contributed by atoms with Gasteiger partial charge in [-0.05, 0) is 61.0 Å². The molecule has 13 heteroatoms. The number of alkyl halides is 3. The van der Waals surface area contributed by atoms with E-state index in [9.17, 15) is 31.2 Å². The van der Waals surface area contributed by atoms with Gasteiger partial charge in [0, 0.05) is 18.9 Å². The molecule has 4 aromatic rings. The zero-order valence-corrected chi connectivity index (χ0v) is 23.6. The lowest BCUT2D eigenvalue weighted by atomic mass is 10.1. The molecule has 0 atom stereocenters. The van der Waals surface area contributed by atoms with Crippen LogP contribution in [0.25, 0.3) is 0 Å². The lowest BCUT2D eigenvalue weighted by Gasteiger charge is -2.25. The lowest BCUT2D eigenvalue weighted by Crippen LogP contribution is -2.38. The molecule has 0 saturated carbocycles. The number of carbonyl (C=O) groups excluding carboxylic acids is 2. The highest BCUT2D eigenvalue weighted by molar-refractivity contribution is 7.92. The van der Waals surface area contributed by atoms with Crippen LogP contribution in [0.15, 0.2) is 96.2 Å². The summed E-state index contributed by atoms with van der Waals surface area (Å²) in [5.41, 5.74) is -0.0285. The van der Waals surface area contributed by atoms with Gasteiger partial charge in [-0.3, -0.25) is 18.9 Å². The zero-order chi connectivity index (χ0) is 30.5. The Kier molecular flexibility index (Phi) is 9.17. The number of aromatic nitrogens is 1. The van der Waals surface area contributed by atoms with Crippen molar-refractivity contribution < 1.29 is 31.2 Å². The maximum Gasteiger partial charge on any atom is 0.417 e. The third-order valence-corrected chi connectivity index (χ3v) is 8.18. The second-order valence-corrected chi connectivity index (χ2v) is 11.4. The van der Waals surface area contributed by atoms with Crippen LogP contribution in [0.4, 0.5) is 24.5 Å². The molecule has 0 bridgehead atoms. The molecular formula is C29H24ClF3N4O4S. The summed E-state index contributed by atoms with van der Waals surface area (Å²) in [6.45, 7) is 0.997. The molecule has 218 valence electrons. The Morgan fingerprint density at radius 2 is 1.69 bits per heavy atom. The molecule has 4 rings (SSSR count). The molecule has 0 aliphatic heterocycles.